The Bertz CT molecular complexity index is 671. The summed E-state index contributed by atoms with van der Waals surface area (Å²) in [4.78, 5) is 28.6. The molecule has 0 N–H and O–H groups in total. The Morgan fingerprint density at radius 3 is 2.00 bits per heavy atom. The normalized spacial score (nSPS) is 10.9. The molecular weight excluding hydrogens is 350 g/mol. The number of esters is 1. The highest BCUT2D eigenvalue weighted by atomic mass is 79.9. The minimum Gasteiger partial charge on any atom is -0.449 e. The number of alkyl halides is 1. The van der Waals surface area contributed by atoms with Gasteiger partial charge < -0.3 is 9.57 Å². The summed E-state index contributed by atoms with van der Waals surface area (Å²) < 4.78 is 4.85. The zero-order valence-corrected chi connectivity index (χ0v) is 13.0. The number of benzene rings is 2. The van der Waals surface area contributed by atoms with Crippen molar-refractivity contribution in [3.63, 3.8) is 0 Å². The van der Waals surface area contributed by atoms with Crippen LogP contribution in [0.4, 0.5) is 0 Å². The predicted molar refractivity (Wildman–Crippen MR) is 84.7 cm³/mol. The van der Waals surface area contributed by atoms with Crippen LogP contribution in [0.15, 0.2) is 65.8 Å². The van der Waals surface area contributed by atoms with E-state index in [0.717, 1.165) is 0 Å². The highest BCUT2D eigenvalue weighted by Gasteiger charge is 2.17. The highest BCUT2D eigenvalue weighted by Crippen LogP contribution is 2.07. The fourth-order valence-electron chi connectivity index (χ4n) is 1.64. The zero-order chi connectivity index (χ0) is 15.8. The van der Waals surface area contributed by atoms with E-state index >= 15 is 0 Å². The molecule has 2 rings (SSSR count). The van der Waals surface area contributed by atoms with Crippen molar-refractivity contribution in [3.05, 3.63) is 71.8 Å². The molecule has 22 heavy (non-hydrogen) atoms. The van der Waals surface area contributed by atoms with E-state index in [0.29, 0.717) is 11.1 Å². The van der Waals surface area contributed by atoms with E-state index in [1.165, 1.54) is 0 Å². The molecule has 0 amide bonds. The van der Waals surface area contributed by atoms with E-state index in [4.69, 9.17) is 9.57 Å². The van der Waals surface area contributed by atoms with Crippen molar-refractivity contribution >= 4 is 33.6 Å². The maximum Gasteiger partial charge on any atom is 0.365 e. The topological polar surface area (TPSA) is 65.0 Å². The summed E-state index contributed by atoms with van der Waals surface area (Å²) in [5.41, 5.74) is 0.774. The van der Waals surface area contributed by atoms with Crippen LogP contribution in [0, 0.1) is 0 Å². The van der Waals surface area contributed by atoms with E-state index in [1.807, 2.05) is 0 Å². The summed E-state index contributed by atoms with van der Waals surface area (Å²) in [6.45, 7) is 0. The van der Waals surface area contributed by atoms with Gasteiger partial charge in [0.2, 0.25) is 0 Å². The number of rotatable bonds is 5. The number of nitrogens with zero attached hydrogens (tertiary/aromatic N) is 1. The van der Waals surface area contributed by atoms with Gasteiger partial charge in [-0.15, -0.1) is 0 Å². The van der Waals surface area contributed by atoms with Crippen LogP contribution in [0.1, 0.15) is 15.9 Å². The number of hydrogen-bond donors (Lipinski definition) is 0. The van der Waals surface area contributed by atoms with E-state index in [-0.39, 0.29) is 11.2 Å². The Kier molecular flexibility index (Phi) is 5.85. The van der Waals surface area contributed by atoms with Gasteiger partial charge in [0.05, 0.1) is 5.56 Å². The summed E-state index contributed by atoms with van der Waals surface area (Å²) in [6.07, 6.45) is 0. The minimum atomic E-state index is -0.691. The third kappa shape index (κ3) is 4.26. The Hall–Kier alpha value is -2.47. The van der Waals surface area contributed by atoms with Crippen LogP contribution < -0.4 is 0 Å². The first-order chi connectivity index (χ1) is 10.7. The van der Waals surface area contributed by atoms with Crippen molar-refractivity contribution in [2.24, 2.45) is 5.16 Å². The first-order valence-corrected chi connectivity index (χ1v) is 7.47. The number of hydrogen-bond acceptors (Lipinski definition) is 5. The quantitative estimate of drug-likeness (QED) is 0.270. The highest BCUT2D eigenvalue weighted by molar-refractivity contribution is 9.09. The van der Waals surface area contributed by atoms with Crippen molar-refractivity contribution in [3.8, 4) is 0 Å². The molecule has 0 saturated heterocycles. The van der Waals surface area contributed by atoms with Gasteiger partial charge in [-0.3, -0.25) is 0 Å². The molecule has 0 spiro atoms. The molecule has 0 bridgehead atoms. The predicted octanol–water partition coefficient (Wildman–Crippen LogP) is 3.14. The second-order valence-corrected chi connectivity index (χ2v) is 4.55. The minimum absolute atomic E-state index is 0.0182. The fourth-order valence-corrected chi connectivity index (χ4v) is 1.84. The number of ether oxygens (including phenoxy) is 1. The first kappa shape index (κ1) is 15.9. The smallest absolute Gasteiger partial charge is 0.365 e. The summed E-state index contributed by atoms with van der Waals surface area (Å²) in [7, 11) is 0. The molecular formula is C16H12BrNO4. The van der Waals surface area contributed by atoms with Gasteiger partial charge in [-0.05, 0) is 28.1 Å². The van der Waals surface area contributed by atoms with Crippen LogP contribution in [0.2, 0.25) is 0 Å². The summed E-state index contributed by atoms with van der Waals surface area (Å²) >= 11 is 3.00. The van der Waals surface area contributed by atoms with Gasteiger partial charge in [-0.2, -0.15) is 0 Å². The van der Waals surface area contributed by atoms with Crippen molar-refractivity contribution in [1.82, 2.24) is 0 Å². The summed E-state index contributed by atoms with van der Waals surface area (Å²) in [5, 5.41) is 3.66. The average Bonchev–Trinajstić information content (AvgIpc) is 2.57. The lowest BCUT2D eigenvalue weighted by Gasteiger charge is -2.05. The Morgan fingerprint density at radius 1 is 0.909 bits per heavy atom. The molecule has 0 saturated carbocycles. The second kappa shape index (κ2) is 8.09. The molecule has 0 radical (unpaired) electrons. The van der Waals surface area contributed by atoms with Crippen LogP contribution in [-0.4, -0.2) is 23.2 Å². The lowest BCUT2D eigenvalue weighted by Crippen LogP contribution is -2.19. The molecule has 0 aliphatic carbocycles. The number of halogens is 1. The molecule has 112 valence electrons. The average molecular weight is 362 g/mol. The third-order valence-electron chi connectivity index (χ3n) is 2.66. The molecule has 0 aliphatic rings. The van der Waals surface area contributed by atoms with E-state index in [1.54, 1.807) is 60.7 Å². The Labute approximate surface area is 135 Å². The SMILES string of the molecule is O=C(OCBr)C(=NOC(=O)c1ccccc1)c1ccccc1. The molecule has 2 aromatic carbocycles. The molecule has 6 heteroatoms. The first-order valence-electron chi connectivity index (χ1n) is 6.35. The molecule has 0 aliphatic heterocycles. The van der Waals surface area contributed by atoms with Gasteiger partial charge >= 0.3 is 11.9 Å². The lowest BCUT2D eigenvalue weighted by molar-refractivity contribution is -0.133. The summed E-state index contributed by atoms with van der Waals surface area (Å²) in [5.74, 6) is -1.34. The van der Waals surface area contributed by atoms with Crippen molar-refractivity contribution in [1.29, 1.82) is 0 Å². The van der Waals surface area contributed by atoms with E-state index in [2.05, 4.69) is 21.1 Å². The fraction of sp³-hybridized carbons (Fsp3) is 0.0625. The zero-order valence-electron chi connectivity index (χ0n) is 11.4. The van der Waals surface area contributed by atoms with Crippen molar-refractivity contribution in [2.45, 2.75) is 0 Å². The Balaban J connectivity index is 2.22. The largest absolute Gasteiger partial charge is 0.449 e. The summed E-state index contributed by atoms with van der Waals surface area (Å²) in [6, 6.07) is 17.0. The molecule has 0 aromatic heterocycles. The van der Waals surface area contributed by atoms with Gasteiger partial charge in [-0.1, -0.05) is 53.7 Å². The molecule has 0 unspecified atom stereocenters. The van der Waals surface area contributed by atoms with Crippen LogP contribution in [0.5, 0.6) is 0 Å². The Morgan fingerprint density at radius 2 is 1.45 bits per heavy atom. The van der Waals surface area contributed by atoms with Gasteiger partial charge in [0.1, 0.15) is 5.52 Å². The molecule has 0 fully saturated rings. The van der Waals surface area contributed by atoms with E-state index < -0.39 is 11.9 Å². The van der Waals surface area contributed by atoms with Crippen LogP contribution in [0.25, 0.3) is 0 Å². The lowest BCUT2D eigenvalue weighted by atomic mass is 10.1. The third-order valence-corrected chi connectivity index (χ3v) is 2.88. The standard InChI is InChI=1S/C16H12BrNO4/c17-11-21-16(20)14(12-7-3-1-4-8-12)18-22-15(19)13-9-5-2-6-10-13/h1-10H,11H2. The molecule has 0 heterocycles. The number of oxime groups is 1. The van der Waals surface area contributed by atoms with Crippen LogP contribution in [-0.2, 0) is 14.4 Å². The second-order valence-electron chi connectivity index (χ2n) is 4.09. The maximum atomic E-state index is 11.9. The maximum absolute atomic E-state index is 11.9. The number of carbonyl (C=O) groups is 2. The molecule has 5 nitrogen and oxygen atoms in total. The van der Waals surface area contributed by atoms with Gasteiger partial charge in [-0.25, -0.2) is 9.59 Å². The van der Waals surface area contributed by atoms with E-state index in [9.17, 15) is 9.59 Å². The van der Waals surface area contributed by atoms with Crippen LogP contribution >= 0.6 is 15.9 Å². The number of carbonyl (C=O) groups excluding carboxylic acids is 2. The van der Waals surface area contributed by atoms with Crippen molar-refractivity contribution in [2.75, 3.05) is 5.52 Å². The van der Waals surface area contributed by atoms with Gasteiger partial charge in [0, 0.05) is 5.56 Å². The molecule has 0 atom stereocenters. The van der Waals surface area contributed by atoms with Crippen LogP contribution in [0.3, 0.4) is 0 Å². The van der Waals surface area contributed by atoms with Gasteiger partial charge in [0.15, 0.2) is 5.71 Å². The molecule has 2 aromatic rings. The van der Waals surface area contributed by atoms with Gasteiger partial charge in [0.25, 0.3) is 0 Å². The van der Waals surface area contributed by atoms with Crippen molar-refractivity contribution < 1.29 is 19.2 Å². The monoisotopic (exact) mass is 361 g/mol.